The molecular formula is C19H16FN3OS. The maximum Gasteiger partial charge on any atom is 0.272 e. The van der Waals surface area contributed by atoms with Gasteiger partial charge in [0.2, 0.25) is 0 Å². The van der Waals surface area contributed by atoms with Crippen molar-refractivity contribution in [1.29, 1.82) is 5.26 Å². The zero-order chi connectivity index (χ0) is 17.6. The molecule has 3 aromatic rings. The van der Waals surface area contributed by atoms with Gasteiger partial charge >= 0.3 is 0 Å². The maximum atomic E-state index is 13.5. The van der Waals surface area contributed by atoms with Gasteiger partial charge in [0.1, 0.15) is 22.6 Å². The predicted octanol–water partition coefficient (Wildman–Crippen LogP) is 4.38. The number of hydrogen-bond acceptors (Lipinski definition) is 3. The Morgan fingerprint density at radius 2 is 2.12 bits per heavy atom. The summed E-state index contributed by atoms with van der Waals surface area (Å²) in [6, 6.07) is 8.44. The number of carbonyl (C=O) groups excluding carboxylic acids is 1. The van der Waals surface area contributed by atoms with E-state index in [0.29, 0.717) is 21.8 Å². The van der Waals surface area contributed by atoms with Gasteiger partial charge in [0.05, 0.1) is 11.1 Å². The van der Waals surface area contributed by atoms with Gasteiger partial charge in [0.15, 0.2) is 0 Å². The number of aromatic nitrogens is 1. The predicted molar refractivity (Wildman–Crippen MR) is 96.5 cm³/mol. The van der Waals surface area contributed by atoms with Crippen molar-refractivity contribution in [2.24, 2.45) is 7.05 Å². The molecule has 0 unspecified atom stereocenters. The number of thiophene rings is 1. The van der Waals surface area contributed by atoms with Crippen LogP contribution in [0.1, 0.15) is 39.3 Å². The third-order valence-corrected chi connectivity index (χ3v) is 5.96. The second-order valence-corrected chi connectivity index (χ2v) is 7.38. The molecule has 0 aliphatic heterocycles. The van der Waals surface area contributed by atoms with Crippen LogP contribution in [0, 0.1) is 17.1 Å². The number of anilines is 1. The van der Waals surface area contributed by atoms with Gasteiger partial charge < -0.3 is 9.88 Å². The molecule has 4 nitrogen and oxygen atoms in total. The van der Waals surface area contributed by atoms with E-state index in [1.807, 2.05) is 0 Å². The van der Waals surface area contributed by atoms with Crippen molar-refractivity contribution < 1.29 is 9.18 Å². The molecule has 0 bridgehead atoms. The standard InChI is InChI=1S/C19H16FN3OS/c1-23-15-9-12(20)7-6-11(15)8-16(23)18(24)22-19-14(10-21)13-4-2-3-5-17(13)25-19/h6-9H,2-5H2,1H3,(H,22,24). The highest BCUT2D eigenvalue weighted by atomic mass is 32.1. The van der Waals surface area contributed by atoms with Crippen LogP contribution < -0.4 is 5.32 Å². The van der Waals surface area contributed by atoms with E-state index < -0.39 is 0 Å². The van der Waals surface area contributed by atoms with E-state index >= 15 is 0 Å². The third-order valence-electron chi connectivity index (χ3n) is 4.75. The second kappa shape index (κ2) is 6.01. The Bertz CT molecular complexity index is 1040. The SMILES string of the molecule is Cn1c(C(=O)Nc2sc3c(c2C#N)CCCC3)cc2ccc(F)cc21. The fourth-order valence-electron chi connectivity index (χ4n) is 3.46. The average Bonchev–Trinajstić information content (AvgIpc) is 3.12. The fourth-order valence-corrected chi connectivity index (χ4v) is 4.70. The topological polar surface area (TPSA) is 57.8 Å². The third kappa shape index (κ3) is 2.61. The Hall–Kier alpha value is -2.65. The number of carbonyl (C=O) groups is 1. The first-order valence-electron chi connectivity index (χ1n) is 8.19. The number of nitriles is 1. The van der Waals surface area contributed by atoms with Crippen LogP contribution in [0.25, 0.3) is 10.9 Å². The molecule has 1 aliphatic carbocycles. The number of nitrogens with zero attached hydrogens (tertiary/aromatic N) is 2. The van der Waals surface area contributed by atoms with Crippen molar-refractivity contribution in [3.8, 4) is 6.07 Å². The Morgan fingerprint density at radius 1 is 1.32 bits per heavy atom. The summed E-state index contributed by atoms with van der Waals surface area (Å²) in [5.41, 5.74) is 2.79. The van der Waals surface area contributed by atoms with E-state index in [1.165, 1.54) is 28.3 Å². The van der Waals surface area contributed by atoms with E-state index in [2.05, 4.69) is 11.4 Å². The Labute approximate surface area is 148 Å². The summed E-state index contributed by atoms with van der Waals surface area (Å²) in [6.45, 7) is 0. The normalized spacial score (nSPS) is 13.5. The highest BCUT2D eigenvalue weighted by molar-refractivity contribution is 7.16. The highest BCUT2D eigenvalue weighted by Gasteiger charge is 2.23. The average molecular weight is 353 g/mol. The zero-order valence-electron chi connectivity index (χ0n) is 13.7. The number of rotatable bonds is 2. The molecule has 126 valence electrons. The van der Waals surface area contributed by atoms with Crippen LogP contribution in [0.2, 0.25) is 0 Å². The molecule has 2 aromatic heterocycles. The smallest absolute Gasteiger partial charge is 0.272 e. The van der Waals surface area contributed by atoms with Crippen LogP contribution in [0.3, 0.4) is 0 Å². The van der Waals surface area contributed by atoms with Gasteiger partial charge in [-0.15, -0.1) is 11.3 Å². The van der Waals surface area contributed by atoms with E-state index in [-0.39, 0.29) is 11.7 Å². The molecule has 0 radical (unpaired) electrons. The molecule has 4 rings (SSSR count). The van der Waals surface area contributed by atoms with Crippen LogP contribution in [0.15, 0.2) is 24.3 Å². The second-order valence-electron chi connectivity index (χ2n) is 6.27. The number of fused-ring (bicyclic) bond motifs is 2. The van der Waals surface area contributed by atoms with Gasteiger partial charge in [-0.1, -0.05) is 0 Å². The molecule has 1 aliphatic rings. The van der Waals surface area contributed by atoms with Crippen molar-refractivity contribution in [1.82, 2.24) is 4.57 Å². The molecule has 0 atom stereocenters. The lowest BCUT2D eigenvalue weighted by Crippen LogP contribution is -2.15. The quantitative estimate of drug-likeness (QED) is 0.743. The van der Waals surface area contributed by atoms with Crippen molar-refractivity contribution in [2.75, 3.05) is 5.32 Å². The summed E-state index contributed by atoms with van der Waals surface area (Å²) in [4.78, 5) is 13.9. The van der Waals surface area contributed by atoms with Crippen LogP contribution >= 0.6 is 11.3 Å². The number of amides is 1. The summed E-state index contributed by atoms with van der Waals surface area (Å²) in [6.07, 6.45) is 4.08. The van der Waals surface area contributed by atoms with E-state index in [9.17, 15) is 14.4 Å². The summed E-state index contributed by atoms with van der Waals surface area (Å²) >= 11 is 1.50. The molecule has 1 amide bonds. The van der Waals surface area contributed by atoms with Gasteiger partial charge in [-0.25, -0.2) is 4.39 Å². The number of nitrogens with one attached hydrogen (secondary N) is 1. The number of hydrogen-bond donors (Lipinski definition) is 1. The van der Waals surface area contributed by atoms with Crippen molar-refractivity contribution in [3.63, 3.8) is 0 Å². The van der Waals surface area contributed by atoms with Gasteiger partial charge in [0.25, 0.3) is 5.91 Å². The van der Waals surface area contributed by atoms with E-state index in [4.69, 9.17) is 0 Å². The summed E-state index contributed by atoms with van der Waals surface area (Å²) in [5.74, 6) is -0.618. The number of halogens is 1. The summed E-state index contributed by atoms with van der Waals surface area (Å²) in [5, 5.41) is 13.8. The van der Waals surface area contributed by atoms with E-state index in [1.54, 1.807) is 23.7 Å². The molecule has 0 saturated carbocycles. The molecule has 0 spiro atoms. The van der Waals surface area contributed by atoms with Crippen LogP contribution in [0.4, 0.5) is 9.39 Å². The fraction of sp³-hybridized carbons (Fsp3) is 0.263. The zero-order valence-corrected chi connectivity index (χ0v) is 14.5. The van der Waals surface area contributed by atoms with Crippen molar-refractivity contribution >= 4 is 33.1 Å². The lowest BCUT2D eigenvalue weighted by molar-refractivity contribution is 0.102. The number of aryl methyl sites for hydroxylation is 2. The molecule has 2 heterocycles. The molecule has 1 N–H and O–H groups in total. The minimum Gasteiger partial charge on any atom is -0.340 e. The van der Waals surface area contributed by atoms with Gasteiger partial charge in [-0.05, 0) is 55.5 Å². The Balaban J connectivity index is 1.70. The van der Waals surface area contributed by atoms with E-state index in [0.717, 1.165) is 36.6 Å². The van der Waals surface area contributed by atoms with Gasteiger partial charge in [0, 0.05) is 17.3 Å². The first-order valence-corrected chi connectivity index (χ1v) is 9.01. The van der Waals surface area contributed by atoms with Gasteiger partial charge in [-0.3, -0.25) is 4.79 Å². The molecule has 6 heteroatoms. The highest BCUT2D eigenvalue weighted by Crippen LogP contribution is 2.37. The minimum absolute atomic E-state index is 0.283. The molecular weight excluding hydrogens is 337 g/mol. The largest absolute Gasteiger partial charge is 0.340 e. The summed E-state index contributed by atoms with van der Waals surface area (Å²) in [7, 11) is 1.74. The van der Waals surface area contributed by atoms with Gasteiger partial charge in [-0.2, -0.15) is 5.26 Å². The first kappa shape index (κ1) is 15.9. The molecule has 25 heavy (non-hydrogen) atoms. The lowest BCUT2D eigenvalue weighted by Gasteiger charge is -2.09. The first-order chi connectivity index (χ1) is 12.1. The van der Waals surface area contributed by atoms with Crippen LogP contribution in [-0.4, -0.2) is 10.5 Å². The van der Waals surface area contributed by atoms with Crippen molar-refractivity contribution in [2.45, 2.75) is 25.7 Å². The molecule has 1 aromatic carbocycles. The minimum atomic E-state index is -0.335. The Kier molecular flexibility index (Phi) is 3.81. The maximum absolute atomic E-state index is 13.5. The Morgan fingerprint density at radius 3 is 2.92 bits per heavy atom. The number of benzene rings is 1. The van der Waals surface area contributed by atoms with Crippen LogP contribution in [0.5, 0.6) is 0 Å². The molecule has 0 fully saturated rings. The molecule has 0 saturated heterocycles. The van der Waals surface area contributed by atoms with Crippen LogP contribution in [-0.2, 0) is 19.9 Å². The van der Waals surface area contributed by atoms with Crippen molar-refractivity contribution in [3.05, 3.63) is 51.8 Å². The lowest BCUT2D eigenvalue weighted by atomic mass is 9.96. The summed E-state index contributed by atoms with van der Waals surface area (Å²) < 4.78 is 15.1. The monoisotopic (exact) mass is 353 g/mol.